The molecule has 0 aliphatic carbocycles. The minimum atomic E-state index is -0.0890. The number of rotatable bonds is 3. The zero-order valence-electron chi connectivity index (χ0n) is 14.0. The van der Waals surface area contributed by atoms with Crippen LogP contribution in [0.5, 0.6) is 0 Å². The summed E-state index contributed by atoms with van der Waals surface area (Å²) >= 11 is 0. The largest absolute Gasteiger partial charge is 0.289 e. The van der Waals surface area contributed by atoms with Gasteiger partial charge in [-0.2, -0.15) is 0 Å². The lowest BCUT2D eigenvalue weighted by Gasteiger charge is -2.37. The Morgan fingerprint density at radius 3 is 2.73 bits per heavy atom. The molecule has 0 saturated heterocycles. The van der Waals surface area contributed by atoms with Crippen molar-refractivity contribution in [1.29, 1.82) is 0 Å². The van der Waals surface area contributed by atoms with Gasteiger partial charge in [-0.25, -0.2) is 4.68 Å². The first-order valence-electron chi connectivity index (χ1n) is 8.10. The molecule has 1 aromatic carbocycles. The SMILES string of the molecule is CCC1c2ccccc2CCN1Cc1nnnn1C(C)(C)C. The van der Waals surface area contributed by atoms with E-state index < -0.39 is 0 Å². The Labute approximate surface area is 132 Å². The van der Waals surface area contributed by atoms with E-state index in [0.717, 1.165) is 31.8 Å². The zero-order valence-corrected chi connectivity index (χ0v) is 14.0. The quantitative estimate of drug-likeness (QED) is 0.874. The molecule has 0 spiro atoms. The first-order chi connectivity index (χ1) is 10.5. The molecular formula is C17H25N5. The molecule has 1 aromatic heterocycles. The Bertz CT molecular complexity index is 640. The van der Waals surface area contributed by atoms with Crippen LogP contribution < -0.4 is 0 Å². The van der Waals surface area contributed by atoms with Gasteiger partial charge < -0.3 is 0 Å². The summed E-state index contributed by atoms with van der Waals surface area (Å²) < 4.78 is 1.94. The number of aromatic nitrogens is 4. The molecular weight excluding hydrogens is 274 g/mol. The van der Waals surface area contributed by atoms with E-state index >= 15 is 0 Å². The molecule has 1 aliphatic heterocycles. The van der Waals surface area contributed by atoms with Crippen LogP contribution in [0.1, 0.15) is 57.1 Å². The smallest absolute Gasteiger partial charge is 0.165 e. The number of hydrogen-bond donors (Lipinski definition) is 0. The summed E-state index contributed by atoms with van der Waals surface area (Å²) in [5, 5.41) is 12.3. The molecule has 5 nitrogen and oxygen atoms in total. The van der Waals surface area contributed by atoms with Gasteiger partial charge in [-0.05, 0) is 55.2 Å². The highest BCUT2D eigenvalue weighted by molar-refractivity contribution is 5.32. The molecule has 3 rings (SSSR count). The second-order valence-corrected chi connectivity index (χ2v) is 7.02. The van der Waals surface area contributed by atoms with Crippen LogP contribution in [0.2, 0.25) is 0 Å². The molecule has 2 heterocycles. The van der Waals surface area contributed by atoms with Crippen molar-refractivity contribution in [3.63, 3.8) is 0 Å². The first-order valence-corrected chi connectivity index (χ1v) is 8.10. The van der Waals surface area contributed by atoms with Crippen LogP contribution in [0.4, 0.5) is 0 Å². The van der Waals surface area contributed by atoms with Crippen LogP contribution in [-0.4, -0.2) is 31.7 Å². The molecule has 5 heteroatoms. The third-order valence-electron chi connectivity index (χ3n) is 4.42. The van der Waals surface area contributed by atoms with Crippen LogP contribution in [0.3, 0.4) is 0 Å². The first kappa shape index (κ1) is 15.2. The van der Waals surface area contributed by atoms with Crippen molar-refractivity contribution in [2.75, 3.05) is 6.54 Å². The molecule has 1 atom stereocenters. The van der Waals surface area contributed by atoms with Gasteiger partial charge >= 0.3 is 0 Å². The fourth-order valence-corrected chi connectivity index (χ4v) is 3.38. The van der Waals surface area contributed by atoms with Gasteiger partial charge in [0.2, 0.25) is 0 Å². The van der Waals surface area contributed by atoms with Gasteiger partial charge in [0.25, 0.3) is 0 Å². The van der Waals surface area contributed by atoms with Crippen LogP contribution in [0.25, 0.3) is 0 Å². The Kier molecular flexibility index (Phi) is 4.00. The van der Waals surface area contributed by atoms with E-state index in [-0.39, 0.29) is 5.54 Å². The fraction of sp³-hybridized carbons (Fsp3) is 0.588. The number of hydrogen-bond acceptors (Lipinski definition) is 4. The van der Waals surface area contributed by atoms with E-state index in [1.807, 2.05) is 4.68 Å². The van der Waals surface area contributed by atoms with Crippen molar-refractivity contribution in [3.05, 3.63) is 41.2 Å². The summed E-state index contributed by atoms with van der Waals surface area (Å²) in [5.41, 5.74) is 2.86. The van der Waals surface area contributed by atoms with Crippen molar-refractivity contribution in [3.8, 4) is 0 Å². The fourth-order valence-electron chi connectivity index (χ4n) is 3.38. The number of benzene rings is 1. The Balaban J connectivity index is 1.86. The second kappa shape index (κ2) is 5.80. The van der Waals surface area contributed by atoms with Crippen molar-refractivity contribution >= 4 is 0 Å². The maximum Gasteiger partial charge on any atom is 0.165 e. The van der Waals surface area contributed by atoms with Crippen molar-refractivity contribution in [2.45, 2.75) is 58.7 Å². The van der Waals surface area contributed by atoms with Crippen LogP contribution in [-0.2, 0) is 18.5 Å². The average molecular weight is 299 g/mol. The Hall–Kier alpha value is -1.75. The number of fused-ring (bicyclic) bond motifs is 1. The molecule has 0 fully saturated rings. The number of tetrazole rings is 1. The Morgan fingerprint density at radius 1 is 1.23 bits per heavy atom. The molecule has 118 valence electrons. The standard InChI is InChI=1S/C17H25N5/c1-5-15-14-9-7-6-8-13(14)10-11-21(15)12-16-18-19-20-22(16)17(2,3)4/h6-9,15H,5,10-12H2,1-4H3. The monoisotopic (exact) mass is 299 g/mol. The maximum atomic E-state index is 4.26. The van der Waals surface area contributed by atoms with Crippen LogP contribution in [0.15, 0.2) is 24.3 Å². The van der Waals surface area contributed by atoms with Gasteiger partial charge in [0.05, 0.1) is 12.1 Å². The van der Waals surface area contributed by atoms with Gasteiger partial charge in [-0.1, -0.05) is 31.2 Å². The second-order valence-electron chi connectivity index (χ2n) is 7.02. The van der Waals surface area contributed by atoms with Crippen molar-refractivity contribution in [1.82, 2.24) is 25.1 Å². The van der Waals surface area contributed by atoms with Crippen LogP contribution in [0, 0.1) is 0 Å². The van der Waals surface area contributed by atoms with E-state index in [1.54, 1.807) is 0 Å². The molecule has 0 N–H and O–H groups in total. The third kappa shape index (κ3) is 2.77. The van der Waals surface area contributed by atoms with Gasteiger partial charge in [-0.15, -0.1) is 5.10 Å². The zero-order chi connectivity index (χ0) is 15.7. The van der Waals surface area contributed by atoms with E-state index in [1.165, 1.54) is 11.1 Å². The maximum absolute atomic E-state index is 4.26. The molecule has 1 unspecified atom stereocenters. The van der Waals surface area contributed by atoms with Gasteiger partial charge in [-0.3, -0.25) is 4.90 Å². The highest BCUT2D eigenvalue weighted by Crippen LogP contribution is 2.33. The van der Waals surface area contributed by atoms with E-state index in [0.29, 0.717) is 6.04 Å². The van der Waals surface area contributed by atoms with Crippen LogP contribution >= 0.6 is 0 Å². The lowest BCUT2D eigenvalue weighted by molar-refractivity contribution is 0.159. The summed E-state index contributed by atoms with van der Waals surface area (Å²) in [6.07, 6.45) is 2.21. The highest BCUT2D eigenvalue weighted by atomic mass is 15.6. The minimum Gasteiger partial charge on any atom is -0.289 e. The Morgan fingerprint density at radius 2 is 2.00 bits per heavy atom. The topological polar surface area (TPSA) is 46.8 Å². The summed E-state index contributed by atoms with van der Waals surface area (Å²) in [7, 11) is 0. The summed E-state index contributed by atoms with van der Waals surface area (Å²) in [6.45, 7) is 10.5. The van der Waals surface area contributed by atoms with Gasteiger partial charge in [0, 0.05) is 12.6 Å². The molecule has 0 amide bonds. The van der Waals surface area contributed by atoms with Crippen molar-refractivity contribution in [2.24, 2.45) is 0 Å². The highest BCUT2D eigenvalue weighted by Gasteiger charge is 2.28. The van der Waals surface area contributed by atoms with Gasteiger partial charge in [0.1, 0.15) is 0 Å². The predicted octanol–water partition coefficient (Wildman–Crippen LogP) is 2.94. The predicted molar refractivity (Wildman–Crippen MR) is 86.4 cm³/mol. The van der Waals surface area contributed by atoms with E-state index in [9.17, 15) is 0 Å². The number of nitrogens with zero attached hydrogens (tertiary/aromatic N) is 5. The van der Waals surface area contributed by atoms with E-state index in [4.69, 9.17) is 0 Å². The molecule has 2 aromatic rings. The molecule has 0 saturated carbocycles. The normalized spacial score (nSPS) is 19.2. The average Bonchev–Trinajstić information content (AvgIpc) is 2.95. The molecule has 0 bridgehead atoms. The minimum absolute atomic E-state index is 0.0890. The van der Waals surface area contributed by atoms with E-state index in [2.05, 4.69) is 72.4 Å². The summed E-state index contributed by atoms with van der Waals surface area (Å²) in [4.78, 5) is 2.51. The molecule has 1 aliphatic rings. The molecule has 0 radical (unpaired) electrons. The molecule has 22 heavy (non-hydrogen) atoms. The van der Waals surface area contributed by atoms with Crippen molar-refractivity contribution < 1.29 is 0 Å². The summed E-state index contributed by atoms with van der Waals surface area (Å²) in [6, 6.07) is 9.26. The van der Waals surface area contributed by atoms with Gasteiger partial charge in [0.15, 0.2) is 5.82 Å². The lowest BCUT2D eigenvalue weighted by Crippen LogP contribution is -2.37. The summed E-state index contributed by atoms with van der Waals surface area (Å²) in [5.74, 6) is 0.949. The third-order valence-corrected chi connectivity index (χ3v) is 4.42. The lowest BCUT2D eigenvalue weighted by atomic mass is 9.91.